The molecule has 1 atom stereocenters. The Balaban J connectivity index is 2.61. The van der Waals surface area contributed by atoms with Gasteiger partial charge < -0.3 is 14.6 Å². The molecule has 114 valence electrons. The maximum atomic E-state index is 11.8. The van der Waals surface area contributed by atoms with E-state index in [-0.39, 0.29) is 6.04 Å². The van der Waals surface area contributed by atoms with Crippen LogP contribution in [0.1, 0.15) is 59.7 Å². The lowest BCUT2D eigenvalue weighted by Gasteiger charge is -2.22. The number of nitrogens with zero attached hydrogens (tertiary/aromatic N) is 2. The fourth-order valence-electron chi connectivity index (χ4n) is 1.83. The molecule has 0 radical (unpaired) electrons. The minimum atomic E-state index is -0.484. The number of carbonyl (C=O) groups excluding carboxylic acids is 1. The molecular weight excluding hydrogens is 254 g/mol. The van der Waals surface area contributed by atoms with E-state index in [0.717, 1.165) is 18.7 Å². The summed E-state index contributed by atoms with van der Waals surface area (Å²) >= 11 is 0. The number of ether oxygens (including phenoxy) is 1. The van der Waals surface area contributed by atoms with E-state index in [0.29, 0.717) is 5.92 Å². The summed E-state index contributed by atoms with van der Waals surface area (Å²) in [5.74, 6) is 0.638. The van der Waals surface area contributed by atoms with Gasteiger partial charge in [-0.15, -0.1) is 0 Å². The van der Waals surface area contributed by atoms with Crippen LogP contribution >= 0.6 is 0 Å². The van der Waals surface area contributed by atoms with Gasteiger partial charge in [-0.2, -0.15) is 0 Å². The van der Waals surface area contributed by atoms with E-state index < -0.39 is 11.7 Å². The maximum Gasteiger partial charge on any atom is 0.408 e. The van der Waals surface area contributed by atoms with Gasteiger partial charge in [-0.05, 0) is 40.0 Å². The Morgan fingerprint density at radius 2 is 2.05 bits per heavy atom. The number of alkyl carbamates (subject to hydrolysis) is 1. The van der Waals surface area contributed by atoms with Gasteiger partial charge in [0.2, 0.25) is 0 Å². The third-order valence-corrected chi connectivity index (χ3v) is 2.87. The zero-order valence-corrected chi connectivity index (χ0v) is 13.4. The van der Waals surface area contributed by atoms with Gasteiger partial charge in [0.25, 0.3) is 0 Å². The molecule has 1 N–H and O–H groups in total. The Bertz CT molecular complexity index is 433. The Kier molecular flexibility index (Phi) is 5.60. The molecule has 0 fully saturated rings. The molecule has 1 amide bonds. The Morgan fingerprint density at radius 3 is 2.60 bits per heavy atom. The first-order valence-electron chi connectivity index (χ1n) is 7.18. The number of aryl methyl sites for hydroxylation is 1. The van der Waals surface area contributed by atoms with Gasteiger partial charge in [-0.25, -0.2) is 9.78 Å². The highest BCUT2D eigenvalue weighted by molar-refractivity contribution is 5.68. The predicted octanol–water partition coefficient (Wildman–Crippen LogP) is 3.51. The van der Waals surface area contributed by atoms with Crippen LogP contribution in [-0.2, 0) is 11.3 Å². The first kappa shape index (κ1) is 16.5. The summed E-state index contributed by atoms with van der Waals surface area (Å²) in [4.78, 5) is 16.0. The second-order valence-electron chi connectivity index (χ2n) is 6.56. The van der Waals surface area contributed by atoms with Crippen LogP contribution in [0.3, 0.4) is 0 Å². The van der Waals surface area contributed by atoms with E-state index in [1.54, 1.807) is 6.20 Å². The molecule has 0 bridgehead atoms. The van der Waals surface area contributed by atoms with Crippen molar-refractivity contribution < 1.29 is 9.53 Å². The van der Waals surface area contributed by atoms with E-state index in [1.807, 2.05) is 34.0 Å². The van der Waals surface area contributed by atoms with E-state index in [1.165, 1.54) is 0 Å². The summed E-state index contributed by atoms with van der Waals surface area (Å²) in [6, 6.07) is -0.125. The molecule has 1 aromatic rings. The normalized spacial score (nSPS) is 13.3. The van der Waals surface area contributed by atoms with Gasteiger partial charge in [-0.3, -0.25) is 0 Å². The zero-order chi connectivity index (χ0) is 15.3. The van der Waals surface area contributed by atoms with E-state index in [4.69, 9.17) is 4.74 Å². The lowest BCUT2D eigenvalue weighted by molar-refractivity contribution is 0.0506. The fraction of sp³-hybridized carbons (Fsp3) is 0.733. The third-order valence-electron chi connectivity index (χ3n) is 2.87. The smallest absolute Gasteiger partial charge is 0.408 e. The number of amides is 1. The monoisotopic (exact) mass is 281 g/mol. The summed E-state index contributed by atoms with van der Waals surface area (Å²) in [5, 5.41) is 2.84. The van der Waals surface area contributed by atoms with Crippen LogP contribution in [0.25, 0.3) is 0 Å². The molecule has 5 nitrogen and oxygen atoms in total. The standard InChI is InChI=1S/C15H27N3O2/c1-11(2)7-8-18-10-16-9-13(18)12(3)17-14(19)20-15(4,5)6/h9-12H,7-8H2,1-6H3,(H,17,19). The number of hydrogen-bond acceptors (Lipinski definition) is 3. The summed E-state index contributed by atoms with van der Waals surface area (Å²) in [6.07, 6.45) is 4.29. The Morgan fingerprint density at radius 1 is 1.40 bits per heavy atom. The van der Waals surface area contributed by atoms with E-state index in [2.05, 4.69) is 28.7 Å². The lowest BCUT2D eigenvalue weighted by atomic mass is 10.1. The van der Waals surface area contributed by atoms with Gasteiger partial charge in [-0.1, -0.05) is 13.8 Å². The highest BCUT2D eigenvalue weighted by Crippen LogP contribution is 2.15. The van der Waals surface area contributed by atoms with Crippen molar-refractivity contribution in [3.63, 3.8) is 0 Å². The minimum absolute atomic E-state index is 0.125. The van der Waals surface area contributed by atoms with Crippen LogP contribution in [0, 0.1) is 5.92 Å². The van der Waals surface area contributed by atoms with Crippen molar-refractivity contribution in [2.24, 2.45) is 5.92 Å². The van der Waals surface area contributed by atoms with Crippen molar-refractivity contribution in [1.29, 1.82) is 0 Å². The summed E-state index contributed by atoms with van der Waals surface area (Å²) in [6.45, 7) is 12.8. The van der Waals surface area contributed by atoms with Crippen LogP contribution in [0.5, 0.6) is 0 Å². The van der Waals surface area contributed by atoms with Crippen molar-refractivity contribution in [2.75, 3.05) is 0 Å². The summed E-state index contributed by atoms with van der Waals surface area (Å²) < 4.78 is 7.35. The molecule has 0 aliphatic carbocycles. The predicted molar refractivity (Wildman–Crippen MR) is 79.5 cm³/mol. The number of carbonyl (C=O) groups is 1. The second kappa shape index (κ2) is 6.77. The van der Waals surface area contributed by atoms with Crippen LogP contribution < -0.4 is 5.32 Å². The number of nitrogens with one attached hydrogen (secondary N) is 1. The molecule has 0 aliphatic heterocycles. The molecule has 1 aromatic heterocycles. The van der Waals surface area contributed by atoms with E-state index >= 15 is 0 Å². The largest absolute Gasteiger partial charge is 0.444 e. The van der Waals surface area contributed by atoms with Crippen LogP contribution in [0.2, 0.25) is 0 Å². The quantitative estimate of drug-likeness (QED) is 0.898. The molecular formula is C15H27N3O2. The molecule has 1 rings (SSSR count). The molecule has 0 saturated carbocycles. The molecule has 1 heterocycles. The number of imidazole rings is 1. The third kappa shape index (κ3) is 5.63. The van der Waals surface area contributed by atoms with Crippen LogP contribution in [0.4, 0.5) is 4.79 Å². The number of aromatic nitrogens is 2. The topological polar surface area (TPSA) is 56.2 Å². The first-order valence-corrected chi connectivity index (χ1v) is 7.18. The average molecular weight is 281 g/mol. The van der Waals surface area contributed by atoms with Crippen LogP contribution in [-0.4, -0.2) is 21.2 Å². The maximum absolute atomic E-state index is 11.8. The molecule has 0 spiro atoms. The van der Waals surface area contributed by atoms with Gasteiger partial charge in [0.1, 0.15) is 5.60 Å². The number of hydrogen-bond donors (Lipinski definition) is 1. The Labute approximate surface area is 121 Å². The van der Waals surface area contributed by atoms with Gasteiger partial charge >= 0.3 is 6.09 Å². The van der Waals surface area contributed by atoms with Crippen LogP contribution in [0.15, 0.2) is 12.5 Å². The number of rotatable bonds is 5. The van der Waals surface area contributed by atoms with Crippen molar-refractivity contribution in [3.8, 4) is 0 Å². The average Bonchev–Trinajstić information content (AvgIpc) is 2.71. The molecule has 0 aromatic carbocycles. The molecule has 5 heteroatoms. The highest BCUT2D eigenvalue weighted by Gasteiger charge is 2.19. The molecule has 1 unspecified atom stereocenters. The van der Waals surface area contributed by atoms with Crippen molar-refractivity contribution in [2.45, 2.75) is 66.2 Å². The van der Waals surface area contributed by atoms with Crippen molar-refractivity contribution >= 4 is 6.09 Å². The first-order chi connectivity index (χ1) is 9.19. The van der Waals surface area contributed by atoms with Crippen molar-refractivity contribution in [3.05, 3.63) is 18.2 Å². The summed E-state index contributed by atoms with van der Waals surface area (Å²) in [5.41, 5.74) is 0.512. The highest BCUT2D eigenvalue weighted by atomic mass is 16.6. The van der Waals surface area contributed by atoms with Crippen molar-refractivity contribution in [1.82, 2.24) is 14.9 Å². The summed E-state index contributed by atoms with van der Waals surface area (Å²) in [7, 11) is 0. The minimum Gasteiger partial charge on any atom is -0.444 e. The lowest BCUT2D eigenvalue weighted by Crippen LogP contribution is -2.34. The SMILES string of the molecule is CC(C)CCn1cncc1C(C)NC(=O)OC(C)(C)C. The van der Waals surface area contributed by atoms with E-state index in [9.17, 15) is 4.79 Å². The Hall–Kier alpha value is -1.52. The molecule has 20 heavy (non-hydrogen) atoms. The zero-order valence-electron chi connectivity index (χ0n) is 13.4. The fourth-order valence-corrected chi connectivity index (χ4v) is 1.83. The molecule has 0 saturated heterocycles. The van der Waals surface area contributed by atoms with Gasteiger partial charge in [0.05, 0.1) is 24.3 Å². The second-order valence-corrected chi connectivity index (χ2v) is 6.56. The molecule has 0 aliphatic rings. The van der Waals surface area contributed by atoms with Gasteiger partial charge in [0, 0.05) is 6.54 Å². The van der Waals surface area contributed by atoms with Gasteiger partial charge in [0.15, 0.2) is 0 Å².